The van der Waals surface area contributed by atoms with Gasteiger partial charge in [-0.15, -0.1) is 0 Å². The normalized spacial score (nSPS) is 21.1. The number of ether oxygens (including phenoxy) is 1. The molecule has 3 rings (SSSR count). The van der Waals surface area contributed by atoms with Crippen molar-refractivity contribution in [1.82, 2.24) is 4.90 Å². The molecule has 1 N–H and O–H groups in total. The Morgan fingerprint density at radius 2 is 1.82 bits per heavy atom. The maximum atomic E-state index is 5.20. The first-order chi connectivity index (χ1) is 16.2. The minimum Gasteiger partial charge on any atom is -0.383 e. The van der Waals surface area contributed by atoms with Crippen molar-refractivity contribution in [1.29, 1.82) is 0 Å². The number of benzene rings is 1. The van der Waals surface area contributed by atoms with Gasteiger partial charge in [0.25, 0.3) is 0 Å². The third-order valence-electron chi connectivity index (χ3n) is 6.72. The lowest BCUT2D eigenvalue weighted by Gasteiger charge is -2.40. The first kappa shape index (κ1) is 25.0. The van der Waals surface area contributed by atoms with Gasteiger partial charge in [0.05, 0.1) is 6.61 Å². The van der Waals surface area contributed by atoms with Crippen LogP contribution >= 0.6 is 0 Å². The van der Waals surface area contributed by atoms with Crippen molar-refractivity contribution < 1.29 is 4.74 Å². The largest absolute Gasteiger partial charge is 0.383 e. The molecule has 3 nitrogen and oxygen atoms in total. The van der Waals surface area contributed by atoms with Crippen molar-refractivity contribution in [2.75, 3.05) is 38.7 Å². The summed E-state index contributed by atoms with van der Waals surface area (Å²) in [5.41, 5.74) is 6.90. The van der Waals surface area contributed by atoms with Crippen LogP contribution in [-0.4, -0.2) is 38.3 Å². The molecule has 1 aromatic carbocycles. The summed E-state index contributed by atoms with van der Waals surface area (Å²) in [5, 5.41) is 3.50. The second kappa shape index (κ2) is 12.6. The summed E-state index contributed by atoms with van der Waals surface area (Å²) >= 11 is 0. The van der Waals surface area contributed by atoms with Crippen molar-refractivity contribution in [3.8, 4) is 0 Å². The number of hydrogen-bond donors (Lipinski definition) is 1. The standard InChI is InChI=1S/C30H40N2O/c1-5-8-9-10-11-12-27-23-25(13-14-29(27)31-19-22-33-4)24-32-20-17-30(18-21-32)16-15-26(6-2)28(30)7-3/h5-16,23,31H,17-22,24H2,1-4H3/b8-5-,10-9-,12-11+,26-6-,28-7+. The number of hydrogen-bond acceptors (Lipinski definition) is 3. The highest BCUT2D eigenvalue weighted by atomic mass is 16.5. The van der Waals surface area contributed by atoms with E-state index < -0.39 is 0 Å². The van der Waals surface area contributed by atoms with Gasteiger partial charge in [-0.1, -0.05) is 66.8 Å². The highest BCUT2D eigenvalue weighted by Gasteiger charge is 2.39. The van der Waals surface area contributed by atoms with Gasteiger partial charge < -0.3 is 10.1 Å². The summed E-state index contributed by atoms with van der Waals surface area (Å²) in [6.45, 7) is 11.1. The predicted molar refractivity (Wildman–Crippen MR) is 143 cm³/mol. The first-order valence-corrected chi connectivity index (χ1v) is 12.2. The molecule has 1 aromatic rings. The fourth-order valence-corrected chi connectivity index (χ4v) is 4.92. The molecule has 1 aliphatic carbocycles. The minimum absolute atomic E-state index is 0.245. The number of allylic oxidation sites excluding steroid dienone is 11. The van der Waals surface area contributed by atoms with E-state index in [1.54, 1.807) is 7.11 Å². The lowest BCUT2D eigenvalue weighted by molar-refractivity contribution is 0.159. The molecule has 1 saturated heterocycles. The predicted octanol–water partition coefficient (Wildman–Crippen LogP) is 6.94. The Labute approximate surface area is 200 Å². The number of anilines is 1. The van der Waals surface area contributed by atoms with Crippen LogP contribution in [0.1, 0.15) is 44.7 Å². The van der Waals surface area contributed by atoms with Gasteiger partial charge in [0.2, 0.25) is 0 Å². The Kier molecular flexibility index (Phi) is 9.53. The van der Waals surface area contributed by atoms with Crippen LogP contribution in [-0.2, 0) is 11.3 Å². The van der Waals surface area contributed by atoms with E-state index in [0.717, 1.165) is 31.9 Å². The Morgan fingerprint density at radius 1 is 1.03 bits per heavy atom. The Balaban J connectivity index is 1.68. The van der Waals surface area contributed by atoms with Crippen LogP contribution < -0.4 is 5.32 Å². The van der Waals surface area contributed by atoms with Crippen molar-refractivity contribution in [2.24, 2.45) is 5.41 Å². The molecule has 176 valence electrons. The van der Waals surface area contributed by atoms with Crippen LogP contribution in [0.5, 0.6) is 0 Å². The van der Waals surface area contributed by atoms with Gasteiger partial charge in [-0.25, -0.2) is 0 Å². The van der Waals surface area contributed by atoms with E-state index in [1.165, 1.54) is 35.1 Å². The van der Waals surface area contributed by atoms with Gasteiger partial charge in [-0.2, -0.15) is 0 Å². The van der Waals surface area contributed by atoms with Crippen LogP contribution in [0.25, 0.3) is 6.08 Å². The van der Waals surface area contributed by atoms with E-state index in [4.69, 9.17) is 4.74 Å². The summed E-state index contributed by atoms with van der Waals surface area (Å²) in [7, 11) is 1.74. The third-order valence-corrected chi connectivity index (χ3v) is 6.72. The quantitative estimate of drug-likeness (QED) is 0.330. The van der Waals surface area contributed by atoms with Crippen molar-refractivity contribution in [3.05, 3.63) is 95.2 Å². The third kappa shape index (κ3) is 6.46. The van der Waals surface area contributed by atoms with Crippen LogP contribution in [0.15, 0.2) is 84.0 Å². The zero-order valence-corrected chi connectivity index (χ0v) is 20.8. The maximum absolute atomic E-state index is 5.20. The molecule has 0 amide bonds. The summed E-state index contributed by atoms with van der Waals surface area (Å²) in [4.78, 5) is 2.60. The molecule has 33 heavy (non-hydrogen) atoms. The Morgan fingerprint density at radius 3 is 2.52 bits per heavy atom. The van der Waals surface area contributed by atoms with E-state index in [9.17, 15) is 0 Å². The number of piperidine rings is 1. The number of nitrogens with one attached hydrogen (secondary N) is 1. The topological polar surface area (TPSA) is 24.5 Å². The second-order valence-electron chi connectivity index (χ2n) is 8.82. The minimum atomic E-state index is 0.245. The highest BCUT2D eigenvalue weighted by molar-refractivity contribution is 5.68. The van der Waals surface area contributed by atoms with Crippen molar-refractivity contribution >= 4 is 11.8 Å². The maximum Gasteiger partial charge on any atom is 0.0635 e. The van der Waals surface area contributed by atoms with Gasteiger partial charge in [0.15, 0.2) is 0 Å². The molecule has 0 saturated carbocycles. The molecule has 0 unspecified atom stereocenters. The molecule has 0 atom stereocenters. The Hall–Kier alpha value is -2.62. The van der Waals surface area contributed by atoms with E-state index in [-0.39, 0.29) is 5.41 Å². The summed E-state index contributed by atoms with van der Waals surface area (Å²) in [6, 6.07) is 6.79. The van der Waals surface area contributed by atoms with Crippen LogP contribution in [0.3, 0.4) is 0 Å². The summed E-state index contributed by atoms with van der Waals surface area (Å²) < 4.78 is 5.20. The molecule has 0 radical (unpaired) electrons. The van der Waals surface area contributed by atoms with E-state index in [0.29, 0.717) is 6.61 Å². The lowest BCUT2D eigenvalue weighted by atomic mass is 9.73. The first-order valence-electron chi connectivity index (χ1n) is 12.2. The fourth-order valence-electron chi connectivity index (χ4n) is 4.92. The lowest BCUT2D eigenvalue weighted by Crippen LogP contribution is -2.39. The number of likely N-dealkylation sites (tertiary alicyclic amines) is 1. The van der Waals surface area contributed by atoms with Crippen LogP contribution in [0, 0.1) is 5.41 Å². The SMILES string of the molecule is C\C=C/C=C\C=C\c1cc(CN2CCC3(C=CC(=C/C)/C3=C\C)CC2)ccc1NCCOC. The molecule has 1 heterocycles. The van der Waals surface area contributed by atoms with E-state index in [1.807, 2.05) is 19.1 Å². The second-order valence-corrected chi connectivity index (χ2v) is 8.82. The van der Waals surface area contributed by atoms with Crippen LogP contribution in [0.2, 0.25) is 0 Å². The Bertz CT molecular complexity index is 954. The molecule has 1 fully saturated rings. The molecule has 1 spiro atoms. The van der Waals surface area contributed by atoms with Gasteiger partial charge in [0.1, 0.15) is 0 Å². The fraction of sp³-hybridized carbons (Fsp3) is 0.400. The molecule has 1 aliphatic heterocycles. The summed E-state index contributed by atoms with van der Waals surface area (Å²) in [5.74, 6) is 0. The van der Waals surface area contributed by atoms with Gasteiger partial charge >= 0.3 is 0 Å². The zero-order chi connectivity index (χ0) is 23.5. The number of rotatable bonds is 9. The zero-order valence-electron chi connectivity index (χ0n) is 20.8. The highest BCUT2D eigenvalue weighted by Crippen LogP contribution is 2.48. The summed E-state index contributed by atoms with van der Waals surface area (Å²) in [6.07, 6.45) is 24.2. The molecule has 3 heteroatoms. The molecular formula is C30H40N2O. The van der Waals surface area contributed by atoms with Gasteiger partial charge in [0, 0.05) is 31.3 Å². The average Bonchev–Trinajstić information content (AvgIpc) is 3.18. The van der Waals surface area contributed by atoms with E-state index in [2.05, 4.69) is 90.9 Å². The van der Waals surface area contributed by atoms with Crippen molar-refractivity contribution in [3.63, 3.8) is 0 Å². The van der Waals surface area contributed by atoms with Crippen LogP contribution in [0.4, 0.5) is 5.69 Å². The molecular weight excluding hydrogens is 404 g/mol. The molecule has 0 bridgehead atoms. The van der Waals surface area contributed by atoms with E-state index >= 15 is 0 Å². The van der Waals surface area contributed by atoms with Crippen molar-refractivity contribution in [2.45, 2.75) is 40.2 Å². The smallest absolute Gasteiger partial charge is 0.0635 e. The number of methoxy groups -OCH3 is 1. The molecule has 2 aliphatic rings. The monoisotopic (exact) mass is 444 g/mol. The average molecular weight is 445 g/mol. The number of nitrogens with zero attached hydrogens (tertiary/aromatic N) is 1. The molecule has 0 aromatic heterocycles. The van der Waals surface area contributed by atoms with Gasteiger partial charge in [-0.3, -0.25) is 4.90 Å². The van der Waals surface area contributed by atoms with Gasteiger partial charge in [-0.05, 0) is 81.1 Å².